The first-order chi connectivity index (χ1) is 13.6. The molecule has 2 heterocycles. The zero-order chi connectivity index (χ0) is 19.5. The number of amides is 1. The molecule has 0 aliphatic carbocycles. The van der Waals surface area contributed by atoms with Crippen LogP contribution in [0, 0.1) is 0 Å². The van der Waals surface area contributed by atoms with Crippen LogP contribution in [-0.2, 0) is 11.3 Å². The lowest BCUT2D eigenvalue weighted by molar-refractivity contribution is -0.885. The van der Waals surface area contributed by atoms with Crippen LogP contribution >= 0.6 is 22.9 Å². The predicted molar refractivity (Wildman–Crippen MR) is 115 cm³/mol. The first kappa shape index (κ1) is 19.4. The van der Waals surface area contributed by atoms with Gasteiger partial charge in [-0.05, 0) is 37.1 Å². The predicted octanol–water partition coefficient (Wildman–Crippen LogP) is 3.37. The molecule has 146 valence electrons. The van der Waals surface area contributed by atoms with E-state index < -0.39 is 0 Å². The Morgan fingerprint density at radius 3 is 2.61 bits per heavy atom. The summed E-state index contributed by atoms with van der Waals surface area (Å²) in [5.74, 6) is 0.717. The second kappa shape index (κ2) is 8.60. The zero-order valence-corrected chi connectivity index (χ0v) is 17.6. The molecular weight excluding hydrogens is 390 g/mol. The van der Waals surface area contributed by atoms with Gasteiger partial charge in [0.25, 0.3) is 5.91 Å². The Hall–Kier alpha value is -1.95. The van der Waals surface area contributed by atoms with Crippen LogP contribution < -0.4 is 4.90 Å². The second-order valence-corrected chi connectivity index (χ2v) is 9.11. The Balaban J connectivity index is 1.29. The number of halogens is 1. The molecule has 0 spiro atoms. The van der Waals surface area contributed by atoms with E-state index in [-0.39, 0.29) is 5.91 Å². The minimum absolute atomic E-state index is 0.245. The van der Waals surface area contributed by atoms with Gasteiger partial charge in [0.15, 0.2) is 6.54 Å². The summed E-state index contributed by atoms with van der Waals surface area (Å²) in [6.07, 6.45) is 2.00. The van der Waals surface area contributed by atoms with Crippen LogP contribution in [0.1, 0.15) is 29.3 Å². The number of aromatic nitrogens is 1. The van der Waals surface area contributed by atoms with E-state index >= 15 is 0 Å². The molecule has 1 amide bonds. The summed E-state index contributed by atoms with van der Waals surface area (Å²) in [6.45, 7) is 3.00. The van der Waals surface area contributed by atoms with E-state index in [1.54, 1.807) is 11.3 Å². The molecule has 0 radical (unpaired) electrons. The normalized spacial score (nSPS) is 16.4. The Labute approximate surface area is 174 Å². The van der Waals surface area contributed by atoms with Gasteiger partial charge in [-0.3, -0.25) is 4.79 Å². The zero-order valence-electron chi connectivity index (χ0n) is 16.0. The number of likely N-dealkylation sites (N-methyl/N-ethyl adjacent to an activating group) is 1. The number of nitrogens with zero attached hydrogens (tertiary/aromatic N) is 2. The van der Waals surface area contributed by atoms with Crippen molar-refractivity contribution < 1.29 is 9.69 Å². The minimum Gasteiger partial charge on any atom is -0.338 e. The third kappa shape index (κ3) is 4.54. The van der Waals surface area contributed by atoms with Crippen LogP contribution in [0.25, 0.3) is 10.2 Å². The summed E-state index contributed by atoms with van der Waals surface area (Å²) in [4.78, 5) is 20.7. The van der Waals surface area contributed by atoms with Crippen molar-refractivity contribution in [1.82, 2.24) is 9.88 Å². The lowest BCUT2D eigenvalue weighted by Crippen LogP contribution is -3.08. The minimum atomic E-state index is 0.245. The molecule has 0 bridgehead atoms. The quantitative estimate of drug-likeness (QED) is 0.695. The van der Waals surface area contributed by atoms with Crippen molar-refractivity contribution in [2.45, 2.75) is 25.3 Å². The molecule has 1 atom stereocenters. The van der Waals surface area contributed by atoms with Crippen LogP contribution in [0.2, 0.25) is 5.02 Å². The highest BCUT2D eigenvalue weighted by molar-refractivity contribution is 7.18. The van der Waals surface area contributed by atoms with Gasteiger partial charge in [0, 0.05) is 29.6 Å². The number of fused-ring (bicyclic) bond motifs is 1. The Morgan fingerprint density at radius 2 is 1.89 bits per heavy atom. The maximum absolute atomic E-state index is 12.7. The lowest BCUT2D eigenvalue weighted by Gasteiger charge is -2.31. The van der Waals surface area contributed by atoms with Crippen molar-refractivity contribution in [1.29, 1.82) is 0 Å². The summed E-state index contributed by atoms with van der Waals surface area (Å²) >= 11 is 7.74. The highest BCUT2D eigenvalue weighted by atomic mass is 35.5. The van der Waals surface area contributed by atoms with Gasteiger partial charge in [-0.1, -0.05) is 35.9 Å². The number of para-hydroxylation sites is 1. The van der Waals surface area contributed by atoms with E-state index in [1.165, 1.54) is 20.2 Å². The summed E-state index contributed by atoms with van der Waals surface area (Å²) < 4.78 is 1.25. The van der Waals surface area contributed by atoms with Crippen molar-refractivity contribution in [2.24, 2.45) is 0 Å². The van der Waals surface area contributed by atoms with E-state index in [9.17, 15) is 4.79 Å². The van der Waals surface area contributed by atoms with Crippen LogP contribution in [0.5, 0.6) is 0 Å². The van der Waals surface area contributed by atoms with Crippen molar-refractivity contribution in [3.05, 3.63) is 64.1 Å². The molecule has 1 aliphatic rings. The smallest absolute Gasteiger partial charge is 0.277 e. The van der Waals surface area contributed by atoms with Gasteiger partial charge in [0.05, 0.1) is 22.3 Å². The van der Waals surface area contributed by atoms with Crippen LogP contribution in [0.15, 0.2) is 48.5 Å². The molecule has 1 aliphatic heterocycles. The number of quaternary nitrogens is 1. The van der Waals surface area contributed by atoms with E-state index in [0.29, 0.717) is 12.5 Å². The number of likely N-dealkylation sites (tertiary alicyclic amines) is 1. The summed E-state index contributed by atoms with van der Waals surface area (Å²) in [7, 11) is 2.07. The van der Waals surface area contributed by atoms with Crippen molar-refractivity contribution >= 4 is 39.1 Å². The third-order valence-corrected chi connectivity index (χ3v) is 6.83. The molecule has 4 rings (SSSR count). The number of carbonyl (C=O) groups is 1. The number of benzene rings is 2. The fraction of sp³-hybridized carbons (Fsp3) is 0.364. The number of rotatable bonds is 5. The molecule has 1 saturated heterocycles. The van der Waals surface area contributed by atoms with E-state index in [0.717, 1.165) is 43.0 Å². The maximum Gasteiger partial charge on any atom is 0.277 e. The first-order valence-electron chi connectivity index (χ1n) is 9.77. The largest absolute Gasteiger partial charge is 0.338 e. The topological polar surface area (TPSA) is 37.6 Å². The van der Waals surface area contributed by atoms with Gasteiger partial charge >= 0.3 is 0 Å². The number of nitrogens with one attached hydrogen (secondary N) is 1. The molecule has 1 fully saturated rings. The average molecular weight is 415 g/mol. The molecule has 1 N–H and O–H groups in total. The summed E-state index contributed by atoms with van der Waals surface area (Å²) in [5.41, 5.74) is 2.29. The van der Waals surface area contributed by atoms with E-state index in [2.05, 4.69) is 25.2 Å². The third-order valence-electron chi connectivity index (χ3n) is 5.38. The lowest BCUT2D eigenvalue weighted by atomic mass is 9.97. The van der Waals surface area contributed by atoms with Gasteiger partial charge in [-0.25, -0.2) is 4.98 Å². The van der Waals surface area contributed by atoms with E-state index in [4.69, 9.17) is 16.6 Å². The van der Waals surface area contributed by atoms with Crippen LogP contribution in [0.3, 0.4) is 0 Å². The van der Waals surface area contributed by atoms with Gasteiger partial charge in [0.1, 0.15) is 6.54 Å². The van der Waals surface area contributed by atoms with Crippen molar-refractivity contribution in [3.8, 4) is 0 Å². The number of piperidine rings is 1. The molecule has 1 unspecified atom stereocenters. The molecule has 3 aromatic rings. The molecule has 4 nitrogen and oxygen atoms in total. The number of carbonyl (C=O) groups excluding carboxylic acids is 1. The van der Waals surface area contributed by atoms with Gasteiger partial charge in [-0.2, -0.15) is 0 Å². The SMILES string of the molecule is C[NH+](CC(=O)N1CCC(c2nc3ccccc3s2)CC1)Cc1ccc(Cl)cc1. The molecule has 1 aromatic heterocycles. The molecule has 6 heteroatoms. The number of thiazole rings is 1. The Kier molecular flexibility index (Phi) is 5.95. The molecule has 28 heavy (non-hydrogen) atoms. The monoisotopic (exact) mass is 414 g/mol. The van der Waals surface area contributed by atoms with Gasteiger partial charge in [0.2, 0.25) is 0 Å². The first-order valence-corrected chi connectivity index (χ1v) is 11.0. The Morgan fingerprint density at radius 1 is 1.18 bits per heavy atom. The molecular formula is C22H25ClN3OS+. The number of hydrogen-bond donors (Lipinski definition) is 1. The fourth-order valence-corrected chi connectivity index (χ4v) is 5.09. The van der Waals surface area contributed by atoms with Gasteiger partial charge in [-0.15, -0.1) is 11.3 Å². The second-order valence-electron chi connectivity index (χ2n) is 7.61. The van der Waals surface area contributed by atoms with Crippen LogP contribution in [0.4, 0.5) is 0 Å². The van der Waals surface area contributed by atoms with Crippen molar-refractivity contribution in [3.63, 3.8) is 0 Å². The highest BCUT2D eigenvalue weighted by Crippen LogP contribution is 2.33. The average Bonchev–Trinajstić information content (AvgIpc) is 3.14. The van der Waals surface area contributed by atoms with Crippen LogP contribution in [-0.4, -0.2) is 42.5 Å². The standard InChI is InChI=1S/C22H24ClN3OS/c1-25(14-16-6-8-18(23)9-7-16)15-21(27)26-12-10-17(11-13-26)22-24-19-4-2-3-5-20(19)28-22/h2-9,17H,10-15H2,1H3/p+1. The molecule has 0 saturated carbocycles. The number of hydrogen-bond acceptors (Lipinski definition) is 3. The summed E-state index contributed by atoms with van der Waals surface area (Å²) in [5, 5.41) is 1.97. The summed E-state index contributed by atoms with van der Waals surface area (Å²) in [6, 6.07) is 16.2. The van der Waals surface area contributed by atoms with E-state index in [1.807, 2.05) is 35.2 Å². The highest BCUT2D eigenvalue weighted by Gasteiger charge is 2.27. The Bertz CT molecular complexity index is 915. The van der Waals surface area contributed by atoms with Crippen molar-refractivity contribution in [2.75, 3.05) is 26.7 Å². The van der Waals surface area contributed by atoms with Gasteiger partial charge < -0.3 is 9.80 Å². The maximum atomic E-state index is 12.7. The fourth-order valence-electron chi connectivity index (χ4n) is 3.82. The molecule has 2 aromatic carbocycles.